The summed E-state index contributed by atoms with van der Waals surface area (Å²) in [5.74, 6) is 0.566. The van der Waals surface area contributed by atoms with Gasteiger partial charge in [0.2, 0.25) is 5.91 Å². The maximum atomic E-state index is 12.4. The highest BCUT2D eigenvalue weighted by Gasteiger charge is 2.09. The fraction of sp³-hybridized carbons (Fsp3) is 0.300. The number of ether oxygens (including phenoxy) is 1. The molecule has 0 heterocycles. The normalized spacial score (nSPS) is 10.2. The van der Waals surface area contributed by atoms with E-state index in [9.17, 15) is 9.59 Å². The third kappa shape index (κ3) is 5.64. The zero-order chi connectivity index (χ0) is 18.2. The molecule has 0 aliphatic rings. The highest BCUT2D eigenvalue weighted by atomic mass is 16.5. The molecule has 0 fully saturated rings. The molecule has 0 saturated carbocycles. The number of carbonyl (C=O) groups is 2. The summed E-state index contributed by atoms with van der Waals surface area (Å²) in [6.45, 7) is 2.46. The molecule has 5 heteroatoms. The van der Waals surface area contributed by atoms with Gasteiger partial charge in [0.15, 0.2) is 0 Å². The van der Waals surface area contributed by atoms with Crippen LogP contribution in [0.2, 0.25) is 0 Å². The molecular weight excluding hydrogens is 316 g/mol. The largest absolute Gasteiger partial charge is 0.494 e. The number of carbonyl (C=O) groups excluding carboxylic acids is 2. The fourth-order valence-electron chi connectivity index (χ4n) is 2.38. The van der Waals surface area contributed by atoms with Gasteiger partial charge in [-0.05, 0) is 49.2 Å². The summed E-state index contributed by atoms with van der Waals surface area (Å²) in [5, 5.41) is 2.89. The average molecular weight is 340 g/mol. The lowest BCUT2D eigenvalue weighted by Gasteiger charge is -2.11. The summed E-state index contributed by atoms with van der Waals surface area (Å²) in [5.41, 5.74) is 2.26. The van der Waals surface area contributed by atoms with Crippen LogP contribution in [0, 0.1) is 0 Å². The van der Waals surface area contributed by atoms with Gasteiger partial charge in [0, 0.05) is 31.8 Å². The van der Waals surface area contributed by atoms with E-state index in [4.69, 9.17) is 4.74 Å². The van der Waals surface area contributed by atoms with Crippen LogP contribution in [0.5, 0.6) is 5.75 Å². The zero-order valence-corrected chi connectivity index (χ0v) is 14.9. The first-order valence-corrected chi connectivity index (χ1v) is 8.33. The molecule has 0 spiro atoms. The van der Waals surface area contributed by atoms with Crippen molar-refractivity contribution >= 4 is 17.5 Å². The van der Waals surface area contributed by atoms with E-state index in [1.165, 1.54) is 0 Å². The third-order valence-electron chi connectivity index (χ3n) is 3.72. The molecule has 0 bridgehead atoms. The number of nitrogens with one attached hydrogen (secondary N) is 1. The van der Waals surface area contributed by atoms with Gasteiger partial charge in [-0.2, -0.15) is 0 Å². The molecule has 0 aromatic heterocycles. The van der Waals surface area contributed by atoms with Crippen LogP contribution in [0.4, 0.5) is 5.69 Å². The van der Waals surface area contributed by atoms with Gasteiger partial charge in [-0.1, -0.05) is 18.2 Å². The smallest absolute Gasteiger partial charge is 0.255 e. The van der Waals surface area contributed by atoms with E-state index in [2.05, 4.69) is 5.32 Å². The number of nitrogens with zero attached hydrogens (tertiary/aromatic N) is 1. The Labute approximate surface area is 148 Å². The van der Waals surface area contributed by atoms with Crippen LogP contribution in [-0.2, 0) is 11.2 Å². The van der Waals surface area contributed by atoms with Crippen molar-refractivity contribution in [2.75, 3.05) is 26.0 Å². The monoisotopic (exact) mass is 340 g/mol. The molecule has 2 rings (SSSR count). The Morgan fingerprint density at radius 2 is 1.84 bits per heavy atom. The SMILES string of the molecule is CCOc1cccc(C(=O)Nc2cccc(CCC(=O)N(C)C)c2)c1. The minimum atomic E-state index is -0.192. The van der Waals surface area contributed by atoms with Gasteiger partial charge >= 0.3 is 0 Å². The first-order chi connectivity index (χ1) is 12.0. The van der Waals surface area contributed by atoms with Gasteiger partial charge < -0.3 is 15.0 Å². The van der Waals surface area contributed by atoms with E-state index in [1.54, 1.807) is 37.2 Å². The number of benzene rings is 2. The van der Waals surface area contributed by atoms with E-state index in [-0.39, 0.29) is 11.8 Å². The lowest BCUT2D eigenvalue weighted by Crippen LogP contribution is -2.21. The number of rotatable bonds is 7. The van der Waals surface area contributed by atoms with Crippen molar-refractivity contribution in [2.45, 2.75) is 19.8 Å². The van der Waals surface area contributed by atoms with Gasteiger partial charge in [-0.3, -0.25) is 9.59 Å². The standard InChI is InChI=1S/C20H24N2O3/c1-4-25-18-10-6-8-16(14-18)20(24)21-17-9-5-7-15(13-17)11-12-19(23)22(2)3/h5-10,13-14H,4,11-12H2,1-3H3,(H,21,24). The van der Waals surface area contributed by atoms with Crippen LogP contribution in [0.15, 0.2) is 48.5 Å². The molecule has 2 aromatic carbocycles. The second-order valence-corrected chi connectivity index (χ2v) is 5.90. The van der Waals surface area contributed by atoms with Crippen LogP contribution in [0.3, 0.4) is 0 Å². The molecule has 0 unspecified atom stereocenters. The van der Waals surface area contributed by atoms with Crippen molar-refractivity contribution in [1.29, 1.82) is 0 Å². The average Bonchev–Trinajstić information content (AvgIpc) is 2.60. The molecular formula is C20H24N2O3. The van der Waals surface area contributed by atoms with Crippen molar-refractivity contribution < 1.29 is 14.3 Å². The summed E-state index contributed by atoms with van der Waals surface area (Å²) in [7, 11) is 3.49. The number of hydrogen-bond acceptors (Lipinski definition) is 3. The van der Waals surface area contributed by atoms with E-state index >= 15 is 0 Å². The molecule has 25 heavy (non-hydrogen) atoms. The van der Waals surface area contributed by atoms with Crippen LogP contribution < -0.4 is 10.1 Å². The van der Waals surface area contributed by atoms with E-state index in [0.717, 1.165) is 5.56 Å². The molecule has 0 radical (unpaired) electrons. The van der Waals surface area contributed by atoms with E-state index < -0.39 is 0 Å². The quantitative estimate of drug-likeness (QED) is 0.841. The number of hydrogen-bond donors (Lipinski definition) is 1. The zero-order valence-electron chi connectivity index (χ0n) is 14.9. The number of anilines is 1. The molecule has 1 N–H and O–H groups in total. The summed E-state index contributed by atoms with van der Waals surface area (Å²) < 4.78 is 5.42. The van der Waals surface area contributed by atoms with Crippen LogP contribution >= 0.6 is 0 Å². The minimum Gasteiger partial charge on any atom is -0.494 e. The summed E-state index contributed by atoms with van der Waals surface area (Å²) in [6, 6.07) is 14.6. The first-order valence-electron chi connectivity index (χ1n) is 8.33. The van der Waals surface area contributed by atoms with Crippen molar-refractivity contribution in [3.05, 3.63) is 59.7 Å². The summed E-state index contributed by atoms with van der Waals surface area (Å²) in [4.78, 5) is 25.7. The molecule has 132 valence electrons. The Morgan fingerprint density at radius 3 is 2.56 bits per heavy atom. The third-order valence-corrected chi connectivity index (χ3v) is 3.72. The second-order valence-electron chi connectivity index (χ2n) is 5.90. The highest BCUT2D eigenvalue weighted by molar-refractivity contribution is 6.04. The molecule has 5 nitrogen and oxygen atoms in total. The predicted octanol–water partition coefficient (Wildman–Crippen LogP) is 3.36. The minimum absolute atomic E-state index is 0.0853. The van der Waals surface area contributed by atoms with Crippen molar-refractivity contribution in [2.24, 2.45) is 0 Å². The lowest BCUT2D eigenvalue weighted by atomic mass is 10.1. The Balaban J connectivity index is 2.02. The molecule has 0 saturated heterocycles. The molecule has 0 atom stereocenters. The summed E-state index contributed by atoms with van der Waals surface area (Å²) >= 11 is 0. The Morgan fingerprint density at radius 1 is 1.08 bits per heavy atom. The van der Waals surface area contributed by atoms with E-state index in [1.807, 2.05) is 37.3 Å². The van der Waals surface area contributed by atoms with Gasteiger partial charge in [-0.25, -0.2) is 0 Å². The molecule has 2 aromatic rings. The van der Waals surface area contributed by atoms with Gasteiger partial charge in [0.25, 0.3) is 5.91 Å². The fourth-order valence-corrected chi connectivity index (χ4v) is 2.38. The second kappa shape index (κ2) is 8.87. The number of amides is 2. The maximum absolute atomic E-state index is 12.4. The van der Waals surface area contributed by atoms with Gasteiger partial charge in [-0.15, -0.1) is 0 Å². The van der Waals surface area contributed by atoms with Crippen LogP contribution in [0.1, 0.15) is 29.3 Å². The van der Waals surface area contributed by atoms with Crippen molar-refractivity contribution in [1.82, 2.24) is 4.90 Å². The van der Waals surface area contributed by atoms with E-state index in [0.29, 0.717) is 36.4 Å². The van der Waals surface area contributed by atoms with Gasteiger partial charge in [0.1, 0.15) is 5.75 Å². The van der Waals surface area contributed by atoms with Gasteiger partial charge in [0.05, 0.1) is 6.61 Å². The molecule has 0 aliphatic carbocycles. The molecule has 0 aliphatic heterocycles. The lowest BCUT2D eigenvalue weighted by molar-refractivity contribution is -0.128. The maximum Gasteiger partial charge on any atom is 0.255 e. The molecule has 2 amide bonds. The Kier molecular flexibility index (Phi) is 6.57. The Hall–Kier alpha value is -2.82. The predicted molar refractivity (Wildman–Crippen MR) is 99.0 cm³/mol. The highest BCUT2D eigenvalue weighted by Crippen LogP contribution is 2.17. The topological polar surface area (TPSA) is 58.6 Å². The number of aryl methyl sites for hydroxylation is 1. The van der Waals surface area contributed by atoms with Crippen molar-refractivity contribution in [3.63, 3.8) is 0 Å². The Bertz CT molecular complexity index is 741. The van der Waals surface area contributed by atoms with Crippen LogP contribution in [0.25, 0.3) is 0 Å². The van der Waals surface area contributed by atoms with Crippen LogP contribution in [-0.4, -0.2) is 37.4 Å². The van der Waals surface area contributed by atoms with Crippen molar-refractivity contribution in [3.8, 4) is 5.75 Å². The summed E-state index contributed by atoms with van der Waals surface area (Å²) in [6.07, 6.45) is 1.08. The first kappa shape index (κ1) is 18.5.